The number of rotatable bonds is 7. The Morgan fingerprint density at radius 1 is 1.47 bits per heavy atom. The van der Waals surface area contributed by atoms with Crippen molar-refractivity contribution in [3.8, 4) is 0 Å². The van der Waals surface area contributed by atoms with E-state index in [0.29, 0.717) is 19.8 Å². The van der Waals surface area contributed by atoms with Crippen molar-refractivity contribution in [1.82, 2.24) is 4.90 Å². The van der Waals surface area contributed by atoms with Gasteiger partial charge in [-0.15, -0.1) is 0 Å². The van der Waals surface area contributed by atoms with E-state index in [1.54, 1.807) is 7.11 Å². The molecule has 0 aliphatic carbocycles. The molecule has 90 valence electrons. The minimum absolute atomic E-state index is 0.207. The summed E-state index contributed by atoms with van der Waals surface area (Å²) in [5.41, 5.74) is 5.33. The van der Waals surface area contributed by atoms with Crippen LogP contribution in [0.1, 0.15) is 0 Å². The van der Waals surface area contributed by atoms with Crippen LogP contribution in [-0.4, -0.2) is 70.7 Å². The number of morpholine rings is 1. The lowest BCUT2D eigenvalue weighted by atomic mass is 10.3. The predicted molar refractivity (Wildman–Crippen MR) is 57.9 cm³/mol. The Bertz CT molecular complexity index is 156. The first-order valence-electron chi connectivity index (χ1n) is 5.47. The fourth-order valence-electron chi connectivity index (χ4n) is 1.65. The highest BCUT2D eigenvalue weighted by Crippen LogP contribution is 2.04. The molecule has 1 atom stereocenters. The number of nitrogens with two attached hydrogens (primary N) is 1. The van der Waals surface area contributed by atoms with Crippen LogP contribution in [0.2, 0.25) is 0 Å². The number of nitrogens with zero attached hydrogens (tertiary/aromatic N) is 1. The van der Waals surface area contributed by atoms with Crippen molar-refractivity contribution in [2.24, 2.45) is 5.73 Å². The third-order valence-corrected chi connectivity index (χ3v) is 2.39. The highest BCUT2D eigenvalue weighted by molar-refractivity contribution is 4.70. The minimum atomic E-state index is 0.207. The second kappa shape index (κ2) is 8.01. The molecule has 1 rings (SSSR count). The summed E-state index contributed by atoms with van der Waals surface area (Å²) in [7, 11) is 1.70. The van der Waals surface area contributed by atoms with Gasteiger partial charge in [0, 0.05) is 33.3 Å². The Hall–Kier alpha value is -0.200. The van der Waals surface area contributed by atoms with Gasteiger partial charge >= 0.3 is 0 Å². The molecule has 5 nitrogen and oxygen atoms in total. The second-order valence-electron chi connectivity index (χ2n) is 3.65. The average Bonchev–Trinajstić information content (AvgIpc) is 2.26. The molecule has 0 radical (unpaired) electrons. The minimum Gasteiger partial charge on any atom is -0.382 e. The maximum absolute atomic E-state index is 5.55. The van der Waals surface area contributed by atoms with E-state index in [9.17, 15) is 0 Å². The molecule has 1 saturated heterocycles. The van der Waals surface area contributed by atoms with Gasteiger partial charge in [0.2, 0.25) is 0 Å². The lowest BCUT2D eigenvalue weighted by Crippen LogP contribution is -2.45. The van der Waals surface area contributed by atoms with E-state index in [0.717, 1.165) is 32.8 Å². The quantitative estimate of drug-likeness (QED) is 0.573. The van der Waals surface area contributed by atoms with E-state index in [-0.39, 0.29) is 6.10 Å². The van der Waals surface area contributed by atoms with E-state index in [1.165, 1.54) is 0 Å². The molecule has 1 fully saturated rings. The van der Waals surface area contributed by atoms with Crippen molar-refractivity contribution < 1.29 is 14.2 Å². The Balaban J connectivity index is 2.07. The predicted octanol–water partition coefficient (Wildman–Crippen LogP) is -0.691. The summed E-state index contributed by atoms with van der Waals surface area (Å²) in [6, 6.07) is 0. The first-order valence-corrected chi connectivity index (χ1v) is 5.47. The smallest absolute Gasteiger partial charge is 0.0935 e. The Morgan fingerprint density at radius 3 is 3.07 bits per heavy atom. The van der Waals surface area contributed by atoms with Crippen LogP contribution in [0.15, 0.2) is 0 Å². The zero-order valence-corrected chi connectivity index (χ0v) is 9.48. The monoisotopic (exact) mass is 218 g/mol. The summed E-state index contributed by atoms with van der Waals surface area (Å²) in [4.78, 5) is 2.34. The molecule has 0 spiro atoms. The van der Waals surface area contributed by atoms with Crippen molar-refractivity contribution in [2.75, 3.05) is 59.7 Å². The molecule has 0 saturated carbocycles. The van der Waals surface area contributed by atoms with Gasteiger partial charge in [0.1, 0.15) is 0 Å². The first kappa shape index (κ1) is 12.9. The van der Waals surface area contributed by atoms with Gasteiger partial charge in [-0.25, -0.2) is 0 Å². The SMILES string of the molecule is COCC1CN(CCOCCN)CCO1. The highest BCUT2D eigenvalue weighted by atomic mass is 16.5. The van der Waals surface area contributed by atoms with Crippen LogP contribution in [0.4, 0.5) is 0 Å². The molecule has 0 aromatic carbocycles. The lowest BCUT2D eigenvalue weighted by molar-refractivity contribution is -0.0654. The van der Waals surface area contributed by atoms with Gasteiger partial charge in [0.15, 0.2) is 0 Å². The molecule has 0 amide bonds. The third-order valence-electron chi connectivity index (χ3n) is 2.39. The van der Waals surface area contributed by atoms with Crippen LogP contribution in [0.3, 0.4) is 0 Å². The van der Waals surface area contributed by atoms with Gasteiger partial charge in [-0.2, -0.15) is 0 Å². The molecule has 2 N–H and O–H groups in total. The van der Waals surface area contributed by atoms with E-state index in [2.05, 4.69) is 4.90 Å². The van der Waals surface area contributed by atoms with Crippen LogP contribution in [0.25, 0.3) is 0 Å². The summed E-state index contributed by atoms with van der Waals surface area (Å²) < 4.78 is 16.0. The Labute approximate surface area is 91.5 Å². The summed E-state index contributed by atoms with van der Waals surface area (Å²) in [6.07, 6.45) is 0.207. The zero-order chi connectivity index (χ0) is 10.9. The van der Waals surface area contributed by atoms with Crippen molar-refractivity contribution in [2.45, 2.75) is 6.10 Å². The zero-order valence-electron chi connectivity index (χ0n) is 9.48. The van der Waals surface area contributed by atoms with E-state index in [4.69, 9.17) is 19.9 Å². The van der Waals surface area contributed by atoms with Gasteiger partial charge in [-0.05, 0) is 0 Å². The van der Waals surface area contributed by atoms with Gasteiger partial charge in [0.05, 0.1) is 32.5 Å². The van der Waals surface area contributed by atoms with Crippen LogP contribution in [0.5, 0.6) is 0 Å². The van der Waals surface area contributed by atoms with Crippen molar-refractivity contribution in [1.29, 1.82) is 0 Å². The van der Waals surface area contributed by atoms with Crippen LogP contribution in [-0.2, 0) is 14.2 Å². The van der Waals surface area contributed by atoms with Gasteiger partial charge in [0.25, 0.3) is 0 Å². The normalized spacial score (nSPS) is 23.2. The largest absolute Gasteiger partial charge is 0.382 e. The fourth-order valence-corrected chi connectivity index (χ4v) is 1.65. The standard InChI is InChI=1S/C10H22N2O3/c1-13-9-10-8-12(4-7-15-10)3-6-14-5-2-11/h10H,2-9,11H2,1H3. The molecule has 0 aromatic heterocycles. The van der Waals surface area contributed by atoms with Gasteiger partial charge in [-0.3, -0.25) is 4.90 Å². The summed E-state index contributed by atoms with van der Waals surface area (Å²) in [5, 5.41) is 0. The maximum atomic E-state index is 5.55. The van der Waals surface area contributed by atoms with Gasteiger partial charge < -0.3 is 19.9 Å². The van der Waals surface area contributed by atoms with Crippen molar-refractivity contribution >= 4 is 0 Å². The average molecular weight is 218 g/mol. The van der Waals surface area contributed by atoms with Crippen LogP contribution in [0, 0.1) is 0 Å². The van der Waals surface area contributed by atoms with Gasteiger partial charge in [-0.1, -0.05) is 0 Å². The first-order chi connectivity index (χ1) is 7.36. The van der Waals surface area contributed by atoms with Crippen LogP contribution >= 0.6 is 0 Å². The Kier molecular flexibility index (Phi) is 6.87. The third kappa shape index (κ3) is 5.44. The molecule has 0 bridgehead atoms. The van der Waals surface area contributed by atoms with Crippen molar-refractivity contribution in [3.05, 3.63) is 0 Å². The molecule has 5 heteroatoms. The summed E-state index contributed by atoms with van der Waals surface area (Å²) in [6.45, 7) is 6.29. The molecule has 0 aromatic rings. The van der Waals surface area contributed by atoms with E-state index in [1.807, 2.05) is 0 Å². The summed E-state index contributed by atoms with van der Waals surface area (Å²) in [5.74, 6) is 0. The van der Waals surface area contributed by atoms with Crippen molar-refractivity contribution in [3.63, 3.8) is 0 Å². The topological polar surface area (TPSA) is 57.0 Å². The van der Waals surface area contributed by atoms with E-state index >= 15 is 0 Å². The molecule has 1 aliphatic rings. The molecular formula is C10H22N2O3. The molecule has 1 unspecified atom stereocenters. The summed E-state index contributed by atoms with van der Waals surface area (Å²) >= 11 is 0. The van der Waals surface area contributed by atoms with E-state index < -0.39 is 0 Å². The molecule has 1 aliphatic heterocycles. The number of methoxy groups -OCH3 is 1. The number of ether oxygens (including phenoxy) is 3. The molecule has 15 heavy (non-hydrogen) atoms. The molecular weight excluding hydrogens is 196 g/mol. The lowest BCUT2D eigenvalue weighted by Gasteiger charge is -2.32. The number of hydrogen-bond acceptors (Lipinski definition) is 5. The highest BCUT2D eigenvalue weighted by Gasteiger charge is 2.19. The number of hydrogen-bond donors (Lipinski definition) is 1. The Morgan fingerprint density at radius 2 is 2.33 bits per heavy atom. The molecule has 1 heterocycles. The second-order valence-corrected chi connectivity index (χ2v) is 3.65. The fraction of sp³-hybridized carbons (Fsp3) is 1.00. The van der Waals surface area contributed by atoms with Crippen LogP contribution < -0.4 is 5.73 Å². The maximum Gasteiger partial charge on any atom is 0.0935 e.